The molecular formula is C12H13N5OS. The van der Waals surface area contributed by atoms with Gasteiger partial charge in [0.25, 0.3) is 5.91 Å². The second kappa shape index (κ2) is 5.57. The summed E-state index contributed by atoms with van der Waals surface area (Å²) in [4.78, 5) is 16.2. The van der Waals surface area contributed by atoms with Crippen LogP contribution in [0.2, 0.25) is 0 Å². The van der Waals surface area contributed by atoms with Crippen molar-refractivity contribution in [3.8, 4) is 0 Å². The third-order valence-electron chi connectivity index (χ3n) is 2.49. The number of benzene rings is 1. The van der Waals surface area contributed by atoms with Crippen LogP contribution in [0.4, 0.5) is 0 Å². The molecule has 0 fully saturated rings. The Morgan fingerprint density at radius 2 is 2.00 bits per heavy atom. The first-order valence-electron chi connectivity index (χ1n) is 5.59. The van der Waals surface area contributed by atoms with Gasteiger partial charge in [-0.1, -0.05) is 24.4 Å². The minimum absolute atomic E-state index is 0.193. The van der Waals surface area contributed by atoms with Crippen LogP contribution in [0.5, 0.6) is 0 Å². The molecule has 1 aromatic heterocycles. The molecular weight excluding hydrogens is 262 g/mol. The Morgan fingerprint density at radius 1 is 1.37 bits per heavy atom. The molecule has 2 aromatic rings. The fraction of sp³-hybridized carbons (Fsp3) is 0.167. The summed E-state index contributed by atoms with van der Waals surface area (Å²) in [5, 5.41) is 6.81. The average molecular weight is 275 g/mol. The lowest BCUT2D eigenvalue weighted by Crippen LogP contribution is -2.23. The summed E-state index contributed by atoms with van der Waals surface area (Å²) in [5.74, 6) is 0.373. The first kappa shape index (κ1) is 13.2. The lowest BCUT2D eigenvalue weighted by molar-refractivity contribution is 0.0950. The minimum atomic E-state index is -0.193. The van der Waals surface area contributed by atoms with Gasteiger partial charge in [0.05, 0.1) is 6.54 Å². The lowest BCUT2D eigenvalue weighted by atomic mass is 10.1. The minimum Gasteiger partial charge on any atom is -0.389 e. The summed E-state index contributed by atoms with van der Waals surface area (Å²) < 4.78 is 1.58. The van der Waals surface area contributed by atoms with Gasteiger partial charge < -0.3 is 11.1 Å². The van der Waals surface area contributed by atoms with Gasteiger partial charge in [0.15, 0.2) is 5.82 Å². The van der Waals surface area contributed by atoms with Crippen molar-refractivity contribution in [1.29, 1.82) is 0 Å². The van der Waals surface area contributed by atoms with E-state index in [9.17, 15) is 4.79 Å². The number of nitrogens with zero attached hydrogens (tertiary/aromatic N) is 3. The summed E-state index contributed by atoms with van der Waals surface area (Å²) in [7, 11) is 1.77. The van der Waals surface area contributed by atoms with E-state index in [1.54, 1.807) is 42.3 Å². The van der Waals surface area contributed by atoms with E-state index < -0.39 is 0 Å². The zero-order valence-electron chi connectivity index (χ0n) is 10.3. The van der Waals surface area contributed by atoms with E-state index in [0.717, 1.165) is 5.56 Å². The van der Waals surface area contributed by atoms with Gasteiger partial charge in [0, 0.05) is 18.2 Å². The van der Waals surface area contributed by atoms with Crippen molar-refractivity contribution in [2.24, 2.45) is 12.8 Å². The van der Waals surface area contributed by atoms with Gasteiger partial charge in [0.2, 0.25) is 0 Å². The molecule has 0 aliphatic rings. The maximum absolute atomic E-state index is 11.9. The van der Waals surface area contributed by atoms with Crippen molar-refractivity contribution >= 4 is 23.1 Å². The summed E-state index contributed by atoms with van der Waals surface area (Å²) in [6.07, 6.45) is 1.58. The third kappa shape index (κ3) is 3.35. The number of rotatable bonds is 4. The predicted molar refractivity (Wildman–Crippen MR) is 74.5 cm³/mol. The fourth-order valence-electron chi connectivity index (χ4n) is 1.51. The van der Waals surface area contributed by atoms with Gasteiger partial charge in [-0.3, -0.25) is 9.48 Å². The molecule has 1 aromatic carbocycles. The van der Waals surface area contributed by atoms with Crippen LogP contribution in [0.1, 0.15) is 21.7 Å². The SMILES string of the molecule is Cn1cnc(CNC(=O)c2ccc(C(N)=S)cc2)n1. The van der Waals surface area contributed by atoms with E-state index in [1.165, 1.54) is 0 Å². The maximum atomic E-state index is 11.9. The highest BCUT2D eigenvalue weighted by atomic mass is 32.1. The molecule has 0 atom stereocenters. The monoisotopic (exact) mass is 275 g/mol. The molecule has 7 heteroatoms. The van der Waals surface area contributed by atoms with E-state index in [0.29, 0.717) is 16.4 Å². The van der Waals surface area contributed by atoms with Crippen LogP contribution in [0.25, 0.3) is 0 Å². The summed E-state index contributed by atoms with van der Waals surface area (Å²) in [6.45, 7) is 0.288. The molecule has 3 N–H and O–H groups in total. The molecule has 0 aliphatic heterocycles. The molecule has 0 saturated carbocycles. The standard InChI is InChI=1S/C12H13N5OS/c1-17-7-15-10(16-17)6-14-12(18)9-4-2-8(3-5-9)11(13)19/h2-5,7H,6H2,1H3,(H2,13,19)(H,14,18). The zero-order chi connectivity index (χ0) is 13.8. The van der Waals surface area contributed by atoms with Crippen molar-refractivity contribution in [3.63, 3.8) is 0 Å². The van der Waals surface area contributed by atoms with Gasteiger partial charge >= 0.3 is 0 Å². The van der Waals surface area contributed by atoms with Gasteiger partial charge in [-0.05, 0) is 12.1 Å². The second-order valence-corrected chi connectivity index (χ2v) is 4.40. The van der Waals surface area contributed by atoms with Gasteiger partial charge in [-0.2, -0.15) is 5.10 Å². The molecule has 0 bridgehead atoms. The highest BCUT2D eigenvalue weighted by Gasteiger charge is 2.07. The van der Waals surface area contributed by atoms with E-state index in [1.807, 2.05) is 0 Å². The Hall–Kier alpha value is -2.28. The molecule has 0 unspecified atom stereocenters. The Morgan fingerprint density at radius 3 is 2.53 bits per heavy atom. The van der Waals surface area contributed by atoms with Gasteiger partial charge in [-0.25, -0.2) is 4.98 Å². The molecule has 1 amide bonds. The van der Waals surface area contributed by atoms with Crippen LogP contribution in [-0.4, -0.2) is 25.7 Å². The number of carbonyl (C=O) groups excluding carboxylic acids is 1. The highest BCUT2D eigenvalue weighted by molar-refractivity contribution is 7.80. The Kier molecular flexibility index (Phi) is 3.86. The molecule has 0 radical (unpaired) electrons. The second-order valence-electron chi connectivity index (χ2n) is 3.96. The molecule has 0 aliphatic carbocycles. The predicted octanol–water partition coefficient (Wildman–Crippen LogP) is 0.379. The number of thiocarbonyl (C=S) groups is 1. The Balaban J connectivity index is 1.98. The van der Waals surface area contributed by atoms with Crippen LogP contribution in [-0.2, 0) is 13.6 Å². The Bertz CT molecular complexity index is 605. The summed E-state index contributed by atoms with van der Waals surface area (Å²) in [6, 6.07) is 6.79. The van der Waals surface area contributed by atoms with Crippen LogP contribution < -0.4 is 11.1 Å². The Labute approximate surface area is 115 Å². The van der Waals surface area contributed by atoms with Crippen molar-refractivity contribution in [2.75, 3.05) is 0 Å². The molecule has 98 valence electrons. The van der Waals surface area contributed by atoms with Gasteiger partial charge in [-0.15, -0.1) is 0 Å². The molecule has 2 rings (SSSR count). The first-order chi connectivity index (χ1) is 9.06. The molecule has 6 nitrogen and oxygen atoms in total. The molecule has 1 heterocycles. The van der Waals surface area contributed by atoms with E-state index >= 15 is 0 Å². The van der Waals surface area contributed by atoms with E-state index in [-0.39, 0.29) is 12.5 Å². The van der Waals surface area contributed by atoms with Crippen LogP contribution in [0, 0.1) is 0 Å². The maximum Gasteiger partial charge on any atom is 0.251 e. The smallest absolute Gasteiger partial charge is 0.251 e. The number of aryl methyl sites for hydroxylation is 1. The summed E-state index contributed by atoms with van der Waals surface area (Å²) >= 11 is 4.85. The van der Waals surface area contributed by atoms with E-state index in [2.05, 4.69) is 15.4 Å². The van der Waals surface area contributed by atoms with Crippen LogP contribution >= 0.6 is 12.2 Å². The average Bonchev–Trinajstić information content (AvgIpc) is 2.82. The number of nitrogens with one attached hydrogen (secondary N) is 1. The van der Waals surface area contributed by atoms with Crippen molar-refractivity contribution in [2.45, 2.75) is 6.54 Å². The summed E-state index contributed by atoms with van der Waals surface area (Å²) in [5.41, 5.74) is 6.76. The molecule has 19 heavy (non-hydrogen) atoms. The van der Waals surface area contributed by atoms with Crippen molar-refractivity contribution in [1.82, 2.24) is 20.1 Å². The zero-order valence-corrected chi connectivity index (χ0v) is 11.1. The van der Waals surface area contributed by atoms with E-state index in [4.69, 9.17) is 18.0 Å². The topological polar surface area (TPSA) is 85.8 Å². The number of hydrogen-bond donors (Lipinski definition) is 2. The molecule has 0 saturated heterocycles. The largest absolute Gasteiger partial charge is 0.389 e. The number of amides is 1. The number of nitrogens with two attached hydrogens (primary N) is 1. The fourth-order valence-corrected chi connectivity index (χ4v) is 1.65. The number of aromatic nitrogens is 3. The van der Waals surface area contributed by atoms with Crippen LogP contribution in [0.3, 0.4) is 0 Å². The van der Waals surface area contributed by atoms with Crippen LogP contribution in [0.15, 0.2) is 30.6 Å². The quantitative estimate of drug-likeness (QED) is 0.788. The number of carbonyl (C=O) groups is 1. The van der Waals surface area contributed by atoms with Crippen molar-refractivity contribution in [3.05, 3.63) is 47.5 Å². The lowest BCUT2D eigenvalue weighted by Gasteiger charge is -2.04. The number of hydrogen-bond acceptors (Lipinski definition) is 4. The highest BCUT2D eigenvalue weighted by Crippen LogP contribution is 2.04. The normalized spacial score (nSPS) is 10.2. The van der Waals surface area contributed by atoms with Gasteiger partial charge in [0.1, 0.15) is 11.3 Å². The van der Waals surface area contributed by atoms with Crippen molar-refractivity contribution < 1.29 is 4.79 Å². The first-order valence-corrected chi connectivity index (χ1v) is 5.99. The third-order valence-corrected chi connectivity index (χ3v) is 2.72. The molecule has 0 spiro atoms.